The fourth-order valence-electron chi connectivity index (χ4n) is 3.20. The lowest BCUT2D eigenvalue weighted by molar-refractivity contribution is -0.128. The van der Waals surface area contributed by atoms with Gasteiger partial charge in [-0.05, 0) is 34.8 Å². The number of ether oxygens (including phenoxy) is 1. The largest absolute Gasteiger partial charge is 0.492 e. The molecular weight excluding hydrogens is 332 g/mol. The molecule has 0 saturated heterocycles. The van der Waals surface area contributed by atoms with E-state index in [2.05, 4.69) is 27.3 Å². The number of hydrogen-bond donors (Lipinski definition) is 1. The minimum absolute atomic E-state index is 0.0791. The van der Waals surface area contributed by atoms with Gasteiger partial charge in [0, 0.05) is 12.0 Å². The molecule has 0 bridgehead atoms. The van der Waals surface area contributed by atoms with E-state index in [0.717, 1.165) is 35.0 Å². The van der Waals surface area contributed by atoms with Gasteiger partial charge in [-0.15, -0.1) is 0 Å². The first-order chi connectivity index (χ1) is 10.2. The van der Waals surface area contributed by atoms with Crippen LogP contribution in [0, 0.1) is 16.7 Å². The monoisotopic (exact) mass is 348 g/mol. The molecule has 1 saturated carbocycles. The van der Waals surface area contributed by atoms with E-state index in [4.69, 9.17) is 4.74 Å². The summed E-state index contributed by atoms with van der Waals surface area (Å²) < 4.78 is 6.58. The molecule has 21 heavy (non-hydrogen) atoms. The number of hydrogen-bond acceptors (Lipinski definition) is 3. The molecule has 110 valence electrons. The molecule has 1 N–H and O–H groups in total. The molecule has 1 aliphatic heterocycles. The van der Waals surface area contributed by atoms with Crippen LogP contribution in [0.4, 0.5) is 0 Å². The molecule has 2 aliphatic rings. The zero-order valence-electron chi connectivity index (χ0n) is 11.7. The lowest BCUT2D eigenvalue weighted by atomic mass is 9.86. The van der Waals surface area contributed by atoms with Gasteiger partial charge in [-0.2, -0.15) is 5.26 Å². The van der Waals surface area contributed by atoms with Gasteiger partial charge in [0.1, 0.15) is 11.2 Å². The van der Waals surface area contributed by atoms with E-state index in [9.17, 15) is 10.1 Å². The maximum absolute atomic E-state index is 12.6. The van der Waals surface area contributed by atoms with Gasteiger partial charge in [0.15, 0.2) is 0 Å². The summed E-state index contributed by atoms with van der Waals surface area (Å²) in [4.78, 5) is 12.6. The second-order valence-electron chi connectivity index (χ2n) is 5.72. The first kappa shape index (κ1) is 14.4. The van der Waals surface area contributed by atoms with Gasteiger partial charge in [-0.25, -0.2) is 0 Å². The summed E-state index contributed by atoms with van der Waals surface area (Å²) in [6.45, 7) is 0.570. The Balaban J connectivity index is 1.83. The number of carbonyl (C=O) groups excluding carboxylic acids is 1. The van der Waals surface area contributed by atoms with Crippen molar-refractivity contribution in [2.24, 2.45) is 5.41 Å². The number of nitriles is 1. The Labute approximate surface area is 132 Å². The van der Waals surface area contributed by atoms with Crippen LogP contribution in [0.3, 0.4) is 0 Å². The van der Waals surface area contributed by atoms with E-state index in [1.54, 1.807) is 0 Å². The molecule has 1 amide bonds. The maximum atomic E-state index is 12.6. The van der Waals surface area contributed by atoms with E-state index in [0.29, 0.717) is 19.4 Å². The van der Waals surface area contributed by atoms with Crippen molar-refractivity contribution in [1.82, 2.24) is 5.32 Å². The summed E-state index contributed by atoms with van der Waals surface area (Å²) in [6.07, 6.45) is 3.98. The van der Waals surface area contributed by atoms with Crippen LogP contribution >= 0.6 is 15.9 Å². The Kier molecular flexibility index (Phi) is 3.90. The van der Waals surface area contributed by atoms with Gasteiger partial charge in [-0.1, -0.05) is 25.0 Å². The van der Waals surface area contributed by atoms with Gasteiger partial charge in [0.25, 0.3) is 0 Å². The second-order valence-corrected chi connectivity index (χ2v) is 6.58. The summed E-state index contributed by atoms with van der Waals surface area (Å²) in [5.74, 6) is 0.673. The van der Waals surface area contributed by atoms with Crippen LogP contribution in [0.5, 0.6) is 5.75 Å². The third-order valence-electron chi connectivity index (χ3n) is 4.44. The molecule has 1 heterocycles. The number of amides is 1. The molecule has 1 atom stereocenters. The minimum Gasteiger partial charge on any atom is -0.492 e. The van der Waals surface area contributed by atoms with Crippen molar-refractivity contribution in [1.29, 1.82) is 5.26 Å². The fourth-order valence-corrected chi connectivity index (χ4v) is 3.70. The Bertz CT molecular complexity index is 603. The predicted octanol–water partition coefficient (Wildman–Crippen LogP) is 3.47. The number of carbonyl (C=O) groups is 1. The first-order valence-electron chi connectivity index (χ1n) is 7.30. The molecule has 1 aromatic rings. The van der Waals surface area contributed by atoms with Gasteiger partial charge in [-0.3, -0.25) is 4.79 Å². The normalized spacial score (nSPS) is 22.8. The molecule has 0 spiro atoms. The van der Waals surface area contributed by atoms with Crippen molar-refractivity contribution in [3.05, 3.63) is 28.2 Å². The number of halogens is 1. The van der Waals surface area contributed by atoms with Gasteiger partial charge < -0.3 is 10.1 Å². The smallest absolute Gasteiger partial charge is 0.240 e. The standard InChI is InChI=1S/C16H17BrN2O2/c17-12-5-3-4-11-13(6-9-21-14(11)12)19-15(20)16(10-18)7-1-2-8-16/h3-5,13H,1-2,6-9H2,(H,19,20)/t13-/m0/s1. The van der Waals surface area contributed by atoms with E-state index in [-0.39, 0.29) is 11.9 Å². The van der Waals surface area contributed by atoms with E-state index < -0.39 is 5.41 Å². The Morgan fingerprint density at radius 1 is 1.43 bits per heavy atom. The molecule has 3 rings (SSSR count). The van der Waals surface area contributed by atoms with Gasteiger partial charge in [0.2, 0.25) is 5.91 Å². The van der Waals surface area contributed by atoms with Crippen LogP contribution in [0.25, 0.3) is 0 Å². The highest BCUT2D eigenvalue weighted by Crippen LogP contribution is 2.41. The summed E-state index contributed by atoms with van der Waals surface area (Å²) >= 11 is 3.48. The lowest BCUT2D eigenvalue weighted by Crippen LogP contribution is -2.41. The third kappa shape index (κ3) is 2.53. The van der Waals surface area contributed by atoms with Crippen molar-refractivity contribution >= 4 is 21.8 Å². The van der Waals surface area contributed by atoms with Crippen molar-refractivity contribution in [3.8, 4) is 11.8 Å². The molecule has 4 nitrogen and oxygen atoms in total. The van der Waals surface area contributed by atoms with Gasteiger partial charge in [0.05, 0.1) is 23.2 Å². The van der Waals surface area contributed by atoms with Crippen molar-refractivity contribution < 1.29 is 9.53 Å². The highest BCUT2D eigenvalue weighted by Gasteiger charge is 2.42. The van der Waals surface area contributed by atoms with Crippen LogP contribution in [-0.2, 0) is 4.79 Å². The zero-order chi connectivity index (χ0) is 14.9. The third-order valence-corrected chi connectivity index (χ3v) is 5.06. The average molecular weight is 349 g/mol. The molecule has 0 aromatic heterocycles. The number of para-hydroxylation sites is 1. The van der Waals surface area contributed by atoms with Crippen LogP contribution in [-0.4, -0.2) is 12.5 Å². The Hall–Kier alpha value is -1.54. The number of fused-ring (bicyclic) bond motifs is 1. The molecule has 1 fully saturated rings. The molecule has 1 aliphatic carbocycles. The van der Waals surface area contributed by atoms with Gasteiger partial charge >= 0.3 is 0 Å². The number of benzene rings is 1. The number of nitrogens with zero attached hydrogens (tertiary/aromatic N) is 1. The Morgan fingerprint density at radius 2 is 2.19 bits per heavy atom. The predicted molar refractivity (Wildman–Crippen MR) is 81.7 cm³/mol. The average Bonchev–Trinajstić information content (AvgIpc) is 2.98. The number of nitrogens with one attached hydrogen (secondary N) is 1. The quantitative estimate of drug-likeness (QED) is 0.889. The molecule has 0 unspecified atom stereocenters. The maximum Gasteiger partial charge on any atom is 0.240 e. The summed E-state index contributed by atoms with van der Waals surface area (Å²) in [7, 11) is 0. The Morgan fingerprint density at radius 3 is 2.90 bits per heavy atom. The van der Waals surface area contributed by atoms with Crippen molar-refractivity contribution in [3.63, 3.8) is 0 Å². The molecule has 0 radical (unpaired) electrons. The minimum atomic E-state index is -0.829. The molecule has 1 aromatic carbocycles. The summed E-state index contributed by atoms with van der Waals surface area (Å²) in [6, 6.07) is 8.00. The van der Waals surface area contributed by atoms with Crippen LogP contribution in [0.15, 0.2) is 22.7 Å². The highest BCUT2D eigenvalue weighted by atomic mass is 79.9. The second kappa shape index (κ2) is 5.69. The van der Waals surface area contributed by atoms with Crippen molar-refractivity contribution in [2.75, 3.05) is 6.61 Å². The first-order valence-corrected chi connectivity index (χ1v) is 8.09. The highest BCUT2D eigenvalue weighted by molar-refractivity contribution is 9.10. The SMILES string of the molecule is N#CC1(C(=O)N[C@H]2CCOc3c(Br)cccc32)CCCC1. The lowest BCUT2D eigenvalue weighted by Gasteiger charge is -2.30. The molecule has 5 heteroatoms. The van der Waals surface area contributed by atoms with E-state index >= 15 is 0 Å². The van der Waals surface area contributed by atoms with E-state index in [1.807, 2.05) is 18.2 Å². The van der Waals surface area contributed by atoms with Crippen molar-refractivity contribution in [2.45, 2.75) is 38.1 Å². The van der Waals surface area contributed by atoms with E-state index in [1.165, 1.54) is 0 Å². The number of rotatable bonds is 2. The van der Waals surface area contributed by atoms with Crippen LogP contribution < -0.4 is 10.1 Å². The van der Waals surface area contributed by atoms with Crippen LogP contribution in [0.2, 0.25) is 0 Å². The topological polar surface area (TPSA) is 62.1 Å². The summed E-state index contributed by atoms with van der Waals surface area (Å²) in [5, 5.41) is 12.5. The van der Waals surface area contributed by atoms with Crippen LogP contribution in [0.1, 0.15) is 43.7 Å². The molecular formula is C16H17BrN2O2. The summed E-state index contributed by atoms with van der Waals surface area (Å²) in [5.41, 5.74) is 0.153. The fraction of sp³-hybridized carbons (Fsp3) is 0.500. The zero-order valence-corrected chi connectivity index (χ0v) is 13.3.